The fourth-order valence-electron chi connectivity index (χ4n) is 3.44. The van der Waals surface area contributed by atoms with E-state index >= 15 is 0 Å². The minimum Gasteiger partial charge on any atom is -0.425 e. The molecule has 0 unspecified atom stereocenters. The van der Waals surface area contributed by atoms with Crippen molar-refractivity contribution in [3.63, 3.8) is 0 Å². The predicted octanol–water partition coefficient (Wildman–Crippen LogP) is 4.48. The van der Waals surface area contributed by atoms with Crippen LogP contribution in [0.2, 0.25) is 0 Å². The van der Waals surface area contributed by atoms with Crippen LogP contribution in [0.3, 0.4) is 0 Å². The van der Waals surface area contributed by atoms with Gasteiger partial charge in [-0.3, -0.25) is 0 Å². The number of hydrogen-bond donors (Lipinski definition) is 1. The molecule has 3 rings (SSSR count). The first-order valence-electron chi connectivity index (χ1n) is 8.89. The van der Waals surface area contributed by atoms with Crippen molar-refractivity contribution in [2.24, 2.45) is 4.99 Å². The molecule has 1 aromatic carbocycles. The molecule has 3 nitrogen and oxygen atoms in total. The lowest BCUT2D eigenvalue weighted by atomic mass is 9.95. The van der Waals surface area contributed by atoms with Gasteiger partial charge >= 0.3 is 0 Å². The Labute approximate surface area is 134 Å². The monoisotopic (exact) mass is 299 g/mol. The minimum absolute atomic E-state index is 0.420. The Bertz CT molecular complexity index is 460. The number of ether oxygens (including phenoxy) is 1. The Hall–Kier alpha value is -1.51. The zero-order valence-electron chi connectivity index (χ0n) is 13.4. The van der Waals surface area contributed by atoms with Gasteiger partial charge in [-0.25, -0.2) is 4.99 Å². The van der Waals surface area contributed by atoms with Gasteiger partial charge < -0.3 is 10.1 Å². The lowest BCUT2D eigenvalue weighted by Gasteiger charge is -2.26. The molecule has 0 saturated heterocycles. The average Bonchev–Trinajstić information content (AvgIpc) is 2.57. The Morgan fingerprint density at radius 3 is 2.41 bits per heavy atom. The van der Waals surface area contributed by atoms with Crippen LogP contribution in [-0.4, -0.2) is 18.1 Å². The van der Waals surface area contributed by atoms with Crippen LogP contribution in [0.5, 0.6) is 5.75 Å². The molecule has 0 atom stereocenters. The molecule has 1 aromatic rings. The maximum Gasteiger partial charge on any atom is 0.290 e. The number of para-hydroxylation sites is 1. The Kier molecular flexibility index (Phi) is 5.74. The third kappa shape index (κ3) is 4.75. The Morgan fingerprint density at radius 1 is 1.00 bits per heavy atom. The molecule has 0 aliphatic heterocycles. The highest BCUT2D eigenvalue weighted by molar-refractivity contribution is 5.76. The first-order valence-corrected chi connectivity index (χ1v) is 8.89. The van der Waals surface area contributed by atoms with Crippen molar-refractivity contribution in [2.75, 3.05) is 0 Å². The van der Waals surface area contributed by atoms with Crippen molar-refractivity contribution in [1.29, 1.82) is 0 Å². The summed E-state index contributed by atoms with van der Waals surface area (Å²) in [5.41, 5.74) is 0. The van der Waals surface area contributed by atoms with E-state index in [4.69, 9.17) is 9.73 Å². The second kappa shape index (κ2) is 8.21. The molecule has 0 spiro atoms. The Morgan fingerprint density at radius 2 is 1.73 bits per heavy atom. The molecule has 2 aliphatic rings. The maximum atomic E-state index is 6.00. The van der Waals surface area contributed by atoms with Gasteiger partial charge in [-0.15, -0.1) is 0 Å². The van der Waals surface area contributed by atoms with Crippen molar-refractivity contribution >= 4 is 6.02 Å². The zero-order chi connectivity index (χ0) is 15.0. The number of aliphatic imine (C=N–C) groups is 1. The fourth-order valence-corrected chi connectivity index (χ4v) is 3.44. The molecule has 0 bridgehead atoms. The van der Waals surface area contributed by atoms with E-state index in [0.717, 1.165) is 5.75 Å². The number of nitrogens with one attached hydrogen (secondary N) is 1. The SMILES string of the molecule is [c]1ccccc1OC(=NC1CCCCC1)NC1CCCCC1. The summed E-state index contributed by atoms with van der Waals surface area (Å²) in [6, 6.07) is 12.5. The average molecular weight is 299 g/mol. The lowest BCUT2D eigenvalue weighted by molar-refractivity contribution is 0.378. The van der Waals surface area contributed by atoms with Gasteiger partial charge in [0, 0.05) is 12.1 Å². The number of benzene rings is 1. The molecule has 3 heteroatoms. The molecule has 1 N–H and O–H groups in total. The van der Waals surface area contributed by atoms with Crippen LogP contribution in [0, 0.1) is 6.07 Å². The highest BCUT2D eigenvalue weighted by Gasteiger charge is 2.18. The van der Waals surface area contributed by atoms with Crippen LogP contribution in [0.4, 0.5) is 0 Å². The Balaban J connectivity index is 1.67. The molecule has 1 radical (unpaired) electrons. The van der Waals surface area contributed by atoms with Crippen molar-refractivity contribution in [2.45, 2.75) is 76.3 Å². The van der Waals surface area contributed by atoms with Gasteiger partial charge in [0.25, 0.3) is 6.02 Å². The topological polar surface area (TPSA) is 33.6 Å². The van der Waals surface area contributed by atoms with Crippen LogP contribution in [0.25, 0.3) is 0 Å². The van der Waals surface area contributed by atoms with E-state index in [0.29, 0.717) is 18.1 Å². The van der Waals surface area contributed by atoms with E-state index < -0.39 is 0 Å². The summed E-state index contributed by atoms with van der Waals surface area (Å²) in [4.78, 5) is 4.89. The van der Waals surface area contributed by atoms with Gasteiger partial charge in [-0.1, -0.05) is 56.7 Å². The molecule has 2 aliphatic carbocycles. The molecule has 2 saturated carbocycles. The fraction of sp³-hybridized carbons (Fsp3) is 0.632. The van der Waals surface area contributed by atoms with Crippen LogP contribution < -0.4 is 10.1 Å². The van der Waals surface area contributed by atoms with Crippen LogP contribution in [-0.2, 0) is 0 Å². The van der Waals surface area contributed by atoms with E-state index in [1.807, 2.05) is 24.3 Å². The van der Waals surface area contributed by atoms with E-state index in [2.05, 4.69) is 11.4 Å². The van der Waals surface area contributed by atoms with Crippen molar-refractivity contribution in [1.82, 2.24) is 5.32 Å². The molecule has 119 valence electrons. The normalized spacial score (nSPS) is 21.5. The molecular formula is C19H27N2O. The highest BCUT2D eigenvalue weighted by Crippen LogP contribution is 2.22. The maximum absolute atomic E-state index is 6.00. The zero-order valence-corrected chi connectivity index (χ0v) is 13.4. The molecular weight excluding hydrogens is 272 g/mol. The van der Waals surface area contributed by atoms with Crippen LogP contribution in [0.15, 0.2) is 29.3 Å². The quantitative estimate of drug-likeness (QED) is 0.659. The number of hydrogen-bond acceptors (Lipinski definition) is 2. The highest BCUT2D eigenvalue weighted by atomic mass is 16.5. The molecule has 0 aromatic heterocycles. The second-order valence-corrected chi connectivity index (χ2v) is 6.53. The summed E-state index contributed by atoms with van der Waals surface area (Å²) >= 11 is 0. The van der Waals surface area contributed by atoms with Gasteiger partial charge in [-0.05, 0) is 31.7 Å². The summed E-state index contributed by atoms with van der Waals surface area (Å²) in [5, 5.41) is 3.56. The van der Waals surface area contributed by atoms with E-state index in [-0.39, 0.29) is 0 Å². The summed E-state index contributed by atoms with van der Waals surface area (Å²) < 4.78 is 6.00. The van der Waals surface area contributed by atoms with E-state index in [9.17, 15) is 0 Å². The smallest absolute Gasteiger partial charge is 0.290 e. The van der Waals surface area contributed by atoms with Gasteiger partial charge in [0.1, 0.15) is 5.75 Å². The molecule has 0 amide bonds. The molecule has 22 heavy (non-hydrogen) atoms. The minimum atomic E-state index is 0.420. The number of amidine groups is 1. The first kappa shape index (κ1) is 15.4. The number of rotatable bonds is 3. The van der Waals surface area contributed by atoms with Gasteiger partial charge in [0.05, 0.1) is 6.04 Å². The summed E-state index contributed by atoms with van der Waals surface area (Å²) in [6.07, 6.45) is 12.8. The third-order valence-corrected chi connectivity index (χ3v) is 4.69. The predicted molar refractivity (Wildman–Crippen MR) is 90.2 cm³/mol. The largest absolute Gasteiger partial charge is 0.425 e. The number of nitrogens with zero attached hydrogens (tertiary/aromatic N) is 1. The summed E-state index contributed by atoms with van der Waals surface area (Å²) in [6.45, 7) is 0. The van der Waals surface area contributed by atoms with Crippen molar-refractivity contribution in [3.8, 4) is 5.75 Å². The second-order valence-electron chi connectivity index (χ2n) is 6.53. The molecule has 2 fully saturated rings. The van der Waals surface area contributed by atoms with Crippen molar-refractivity contribution in [3.05, 3.63) is 30.3 Å². The van der Waals surface area contributed by atoms with Gasteiger partial charge in [-0.2, -0.15) is 0 Å². The van der Waals surface area contributed by atoms with Crippen LogP contribution >= 0.6 is 0 Å². The molecule has 0 heterocycles. The standard InChI is InChI=1S/C19H27N2O/c1-4-10-16(11-5-1)20-19(21-17-12-6-2-7-13-17)22-18-14-8-3-9-15-18/h3,8-9,14,16-17H,1-2,4-7,10-13H2,(H,20,21). The lowest BCUT2D eigenvalue weighted by Crippen LogP contribution is -2.40. The van der Waals surface area contributed by atoms with Crippen LogP contribution in [0.1, 0.15) is 64.2 Å². The first-order chi connectivity index (χ1) is 10.9. The van der Waals surface area contributed by atoms with Crippen molar-refractivity contribution < 1.29 is 4.74 Å². The van der Waals surface area contributed by atoms with Gasteiger partial charge in [0.2, 0.25) is 0 Å². The van der Waals surface area contributed by atoms with E-state index in [1.54, 1.807) is 0 Å². The summed E-state index contributed by atoms with van der Waals surface area (Å²) in [7, 11) is 0. The third-order valence-electron chi connectivity index (χ3n) is 4.69. The van der Waals surface area contributed by atoms with Gasteiger partial charge in [0.15, 0.2) is 0 Å². The van der Waals surface area contributed by atoms with E-state index in [1.165, 1.54) is 64.2 Å². The summed E-state index contributed by atoms with van der Waals surface area (Å²) in [5.74, 6) is 0.750.